The van der Waals surface area contributed by atoms with Gasteiger partial charge < -0.3 is 10.2 Å². The van der Waals surface area contributed by atoms with Gasteiger partial charge >= 0.3 is 0 Å². The molecule has 5 nitrogen and oxygen atoms in total. The van der Waals surface area contributed by atoms with E-state index in [0.717, 1.165) is 68.4 Å². The molecule has 1 aromatic carbocycles. The summed E-state index contributed by atoms with van der Waals surface area (Å²) in [5, 5.41) is 3.07. The van der Waals surface area contributed by atoms with Crippen molar-refractivity contribution in [2.24, 2.45) is 11.8 Å². The molecule has 0 unspecified atom stereocenters. The Labute approximate surface area is 185 Å². The Morgan fingerprint density at radius 2 is 1.48 bits per heavy atom. The first-order valence-electron chi connectivity index (χ1n) is 11.8. The molecule has 1 aromatic heterocycles. The van der Waals surface area contributed by atoms with Gasteiger partial charge in [0, 0.05) is 29.4 Å². The first kappa shape index (κ1) is 21.5. The van der Waals surface area contributed by atoms with Crippen LogP contribution in [0.3, 0.4) is 0 Å². The maximum Gasteiger partial charge on any atom is 0.230 e. The molecule has 5 heteroatoms. The lowest BCUT2D eigenvalue weighted by Gasteiger charge is -2.29. The van der Waals surface area contributed by atoms with Crippen molar-refractivity contribution >= 4 is 23.2 Å². The normalized spacial score (nSPS) is 17.8. The largest absolute Gasteiger partial charge is 0.326 e. The van der Waals surface area contributed by atoms with E-state index in [4.69, 9.17) is 0 Å². The number of aromatic nitrogens is 1. The Balaban J connectivity index is 1.48. The summed E-state index contributed by atoms with van der Waals surface area (Å²) in [6, 6.07) is 13.5. The van der Waals surface area contributed by atoms with Crippen molar-refractivity contribution in [1.29, 1.82) is 0 Å². The second-order valence-electron chi connectivity index (χ2n) is 8.95. The van der Waals surface area contributed by atoms with Crippen LogP contribution in [0.2, 0.25) is 0 Å². The maximum atomic E-state index is 13.4. The lowest BCUT2D eigenvalue weighted by molar-refractivity contribution is -0.123. The molecule has 2 aromatic rings. The van der Waals surface area contributed by atoms with Crippen LogP contribution in [0.15, 0.2) is 48.7 Å². The zero-order chi connectivity index (χ0) is 21.5. The fourth-order valence-corrected chi connectivity index (χ4v) is 4.85. The Morgan fingerprint density at radius 1 is 0.839 bits per heavy atom. The SMILES string of the molecule is O=C(Nc1ccc(N(Cc2ccccn2)C(=O)C2CCCCC2)cc1)C1CCCCC1. The van der Waals surface area contributed by atoms with Crippen LogP contribution in [0.25, 0.3) is 0 Å². The van der Waals surface area contributed by atoms with E-state index in [9.17, 15) is 9.59 Å². The van der Waals surface area contributed by atoms with E-state index < -0.39 is 0 Å². The van der Waals surface area contributed by atoms with Gasteiger partial charge in [-0.15, -0.1) is 0 Å². The van der Waals surface area contributed by atoms with Crippen molar-refractivity contribution < 1.29 is 9.59 Å². The minimum Gasteiger partial charge on any atom is -0.326 e. The zero-order valence-corrected chi connectivity index (χ0v) is 18.3. The molecule has 164 valence electrons. The van der Waals surface area contributed by atoms with Gasteiger partial charge in [0.2, 0.25) is 11.8 Å². The summed E-state index contributed by atoms with van der Waals surface area (Å²) in [6.07, 6.45) is 12.7. The number of nitrogens with one attached hydrogen (secondary N) is 1. The third kappa shape index (κ3) is 5.72. The van der Waals surface area contributed by atoms with Crippen molar-refractivity contribution in [3.05, 3.63) is 54.4 Å². The lowest BCUT2D eigenvalue weighted by atomic mass is 9.88. The van der Waals surface area contributed by atoms with Crippen molar-refractivity contribution in [3.8, 4) is 0 Å². The van der Waals surface area contributed by atoms with Crippen LogP contribution < -0.4 is 10.2 Å². The Hall–Kier alpha value is -2.69. The summed E-state index contributed by atoms with van der Waals surface area (Å²) < 4.78 is 0. The van der Waals surface area contributed by atoms with Gasteiger partial charge in [-0.05, 0) is 62.1 Å². The molecule has 0 radical (unpaired) electrons. The predicted molar refractivity (Wildman–Crippen MR) is 124 cm³/mol. The number of rotatable bonds is 6. The minimum atomic E-state index is 0.0862. The second kappa shape index (κ2) is 10.6. The zero-order valence-electron chi connectivity index (χ0n) is 18.3. The van der Waals surface area contributed by atoms with Gasteiger partial charge in [0.05, 0.1) is 12.2 Å². The van der Waals surface area contributed by atoms with Gasteiger partial charge in [0.25, 0.3) is 0 Å². The number of benzene rings is 1. The molecule has 31 heavy (non-hydrogen) atoms. The van der Waals surface area contributed by atoms with E-state index in [1.165, 1.54) is 12.8 Å². The molecule has 0 aliphatic heterocycles. The average molecular weight is 420 g/mol. The third-order valence-electron chi connectivity index (χ3n) is 6.69. The molecule has 2 saturated carbocycles. The first-order chi connectivity index (χ1) is 15.2. The van der Waals surface area contributed by atoms with Crippen molar-refractivity contribution in [3.63, 3.8) is 0 Å². The number of hydrogen-bond donors (Lipinski definition) is 1. The highest BCUT2D eigenvalue weighted by atomic mass is 16.2. The molecular weight excluding hydrogens is 386 g/mol. The first-order valence-corrected chi connectivity index (χ1v) is 11.8. The summed E-state index contributed by atoms with van der Waals surface area (Å²) in [5.41, 5.74) is 2.53. The lowest BCUT2D eigenvalue weighted by Crippen LogP contribution is -2.37. The number of pyridine rings is 1. The summed E-state index contributed by atoms with van der Waals surface area (Å²) in [5.74, 6) is 0.519. The van der Waals surface area contributed by atoms with Crippen LogP contribution in [0.4, 0.5) is 11.4 Å². The van der Waals surface area contributed by atoms with Gasteiger partial charge in [-0.1, -0.05) is 44.6 Å². The van der Waals surface area contributed by atoms with Crippen molar-refractivity contribution in [2.75, 3.05) is 10.2 Å². The standard InChI is InChI=1S/C26H33N3O2/c30-25(20-9-3-1-4-10-20)28-22-14-16-24(17-15-22)29(19-23-13-7-8-18-27-23)26(31)21-11-5-2-6-12-21/h7-8,13-18,20-21H,1-6,9-12,19H2,(H,28,30). The number of carbonyl (C=O) groups is 2. The highest BCUT2D eigenvalue weighted by molar-refractivity contribution is 5.96. The summed E-state index contributed by atoms with van der Waals surface area (Å²) in [7, 11) is 0. The Morgan fingerprint density at radius 3 is 2.10 bits per heavy atom. The summed E-state index contributed by atoms with van der Waals surface area (Å²) in [6.45, 7) is 0.462. The molecule has 1 heterocycles. The number of amides is 2. The number of hydrogen-bond acceptors (Lipinski definition) is 3. The van der Waals surface area contributed by atoms with Gasteiger partial charge in [-0.3, -0.25) is 14.6 Å². The second-order valence-corrected chi connectivity index (χ2v) is 8.95. The highest BCUT2D eigenvalue weighted by Gasteiger charge is 2.27. The quantitative estimate of drug-likeness (QED) is 0.652. The fourth-order valence-electron chi connectivity index (χ4n) is 4.85. The van der Waals surface area contributed by atoms with Crippen LogP contribution in [0.5, 0.6) is 0 Å². The third-order valence-corrected chi connectivity index (χ3v) is 6.69. The van der Waals surface area contributed by atoms with Gasteiger partial charge in [0.15, 0.2) is 0 Å². The monoisotopic (exact) mass is 419 g/mol. The molecule has 2 aliphatic carbocycles. The van der Waals surface area contributed by atoms with E-state index in [0.29, 0.717) is 6.54 Å². The topological polar surface area (TPSA) is 62.3 Å². The van der Waals surface area contributed by atoms with E-state index in [2.05, 4.69) is 10.3 Å². The molecule has 0 atom stereocenters. The number of anilines is 2. The van der Waals surface area contributed by atoms with E-state index in [1.54, 1.807) is 6.20 Å². The molecule has 1 N–H and O–H groups in total. The van der Waals surface area contributed by atoms with Gasteiger partial charge in [-0.25, -0.2) is 0 Å². The van der Waals surface area contributed by atoms with E-state index >= 15 is 0 Å². The van der Waals surface area contributed by atoms with Crippen LogP contribution in [0, 0.1) is 11.8 Å². The van der Waals surface area contributed by atoms with Gasteiger partial charge in [-0.2, -0.15) is 0 Å². The van der Waals surface area contributed by atoms with E-state index in [1.807, 2.05) is 47.4 Å². The summed E-state index contributed by atoms with van der Waals surface area (Å²) in [4.78, 5) is 32.3. The van der Waals surface area contributed by atoms with Crippen molar-refractivity contribution in [2.45, 2.75) is 70.8 Å². The number of carbonyl (C=O) groups excluding carboxylic acids is 2. The van der Waals surface area contributed by atoms with Crippen molar-refractivity contribution in [1.82, 2.24) is 4.98 Å². The average Bonchev–Trinajstić information content (AvgIpc) is 2.84. The Bertz CT molecular complexity index is 854. The molecule has 0 spiro atoms. The minimum absolute atomic E-state index is 0.0862. The van der Waals surface area contributed by atoms with Crippen LogP contribution >= 0.6 is 0 Å². The van der Waals surface area contributed by atoms with Crippen LogP contribution in [-0.4, -0.2) is 16.8 Å². The molecule has 0 saturated heterocycles. The Kier molecular flexibility index (Phi) is 7.34. The summed E-state index contributed by atoms with van der Waals surface area (Å²) >= 11 is 0. The van der Waals surface area contributed by atoms with Gasteiger partial charge in [0.1, 0.15) is 0 Å². The maximum absolute atomic E-state index is 13.4. The molecular formula is C26H33N3O2. The smallest absolute Gasteiger partial charge is 0.230 e. The molecule has 2 amide bonds. The molecule has 2 aliphatic rings. The highest BCUT2D eigenvalue weighted by Crippen LogP contribution is 2.30. The number of nitrogens with zero attached hydrogens (tertiary/aromatic N) is 2. The molecule has 2 fully saturated rings. The molecule has 0 bridgehead atoms. The van der Waals surface area contributed by atoms with Crippen LogP contribution in [-0.2, 0) is 16.1 Å². The predicted octanol–water partition coefficient (Wildman–Crippen LogP) is 5.71. The van der Waals surface area contributed by atoms with Crippen LogP contribution in [0.1, 0.15) is 69.9 Å². The van der Waals surface area contributed by atoms with E-state index in [-0.39, 0.29) is 23.7 Å². The fraction of sp³-hybridized carbons (Fsp3) is 0.500. The molecule has 4 rings (SSSR count).